The van der Waals surface area contributed by atoms with E-state index in [2.05, 4.69) is 32.7 Å². The van der Waals surface area contributed by atoms with E-state index in [0.29, 0.717) is 18.0 Å². The first-order valence-electron chi connectivity index (χ1n) is 9.79. The molecule has 3 heterocycles. The van der Waals surface area contributed by atoms with Crippen LogP contribution in [0, 0.1) is 6.92 Å². The van der Waals surface area contributed by atoms with Crippen LogP contribution < -0.4 is 11.1 Å². The van der Waals surface area contributed by atoms with Crippen LogP contribution in [0.15, 0.2) is 49.6 Å². The van der Waals surface area contributed by atoms with E-state index in [9.17, 15) is 13.2 Å². The van der Waals surface area contributed by atoms with Crippen LogP contribution in [0.3, 0.4) is 0 Å². The molecule has 0 radical (unpaired) electrons. The summed E-state index contributed by atoms with van der Waals surface area (Å²) in [5, 5.41) is 7.13. The number of alkyl halides is 3. The Morgan fingerprint density at radius 3 is 2.58 bits per heavy atom. The lowest BCUT2D eigenvalue weighted by Crippen LogP contribution is -2.17. The average Bonchev–Trinajstić information content (AvgIpc) is 3.13. The molecule has 0 bridgehead atoms. The molecule has 6 nitrogen and oxygen atoms in total. The summed E-state index contributed by atoms with van der Waals surface area (Å²) in [7, 11) is 0. The number of aryl methyl sites for hydroxylation is 1. The summed E-state index contributed by atoms with van der Waals surface area (Å²) in [6, 6.07) is 3.56. The van der Waals surface area contributed by atoms with Gasteiger partial charge in [0.1, 0.15) is 0 Å². The zero-order valence-electron chi connectivity index (χ0n) is 18.0. The fourth-order valence-corrected chi connectivity index (χ4v) is 3.13. The van der Waals surface area contributed by atoms with Crippen LogP contribution in [0.1, 0.15) is 49.1 Å². The summed E-state index contributed by atoms with van der Waals surface area (Å²) in [6.45, 7) is 10.7. The minimum atomic E-state index is -4.32. The Hall–Kier alpha value is -3.36. The van der Waals surface area contributed by atoms with Crippen LogP contribution in [0.25, 0.3) is 11.1 Å². The molecule has 0 aliphatic heterocycles. The van der Waals surface area contributed by atoms with Gasteiger partial charge in [-0.05, 0) is 57.2 Å². The van der Waals surface area contributed by atoms with Crippen LogP contribution >= 0.6 is 0 Å². The highest BCUT2D eigenvalue weighted by Crippen LogP contribution is 2.37. The van der Waals surface area contributed by atoms with Gasteiger partial charge in [0.2, 0.25) is 5.95 Å². The molecule has 0 fully saturated rings. The van der Waals surface area contributed by atoms with Crippen molar-refractivity contribution in [3.8, 4) is 0 Å². The normalized spacial score (nSPS) is 12.8. The number of nitrogens with zero attached hydrogens (tertiary/aromatic N) is 4. The van der Waals surface area contributed by atoms with Gasteiger partial charge in [-0.25, -0.2) is 14.5 Å². The van der Waals surface area contributed by atoms with Gasteiger partial charge in [-0.15, -0.1) is 0 Å². The van der Waals surface area contributed by atoms with Crippen molar-refractivity contribution in [2.45, 2.75) is 39.8 Å². The fourth-order valence-electron chi connectivity index (χ4n) is 3.13. The Bertz CT molecular complexity index is 1070. The average molecular weight is 432 g/mol. The number of aromatic nitrogens is 4. The van der Waals surface area contributed by atoms with E-state index in [4.69, 9.17) is 0 Å². The highest BCUT2D eigenvalue weighted by molar-refractivity contribution is 5.82. The number of rotatable bonds is 5. The van der Waals surface area contributed by atoms with Crippen LogP contribution in [0.4, 0.5) is 19.1 Å². The molecule has 3 aromatic rings. The molecule has 31 heavy (non-hydrogen) atoms. The highest BCUT2D eigenvalue weighted by Gasteiger charge is 2.38. The summed E-state index contributed by atoms with van der Waals surface area (Å²) in [6.07, 6.45) is 3.52. The molecule has 0 saturated carbocycles. The van der Waals surface area contributed by atoms with E-state index >= 15 is 0 Å². The van der Waals surface area contributed by atoms with Gasteiger partial charge >= 0.3 is 6.18 Å². The van der Waals surface area contributed by atoms with Crippen LogP contribution in [-0.2, 0) is 0 Å². The lowest BCUT2D eigenvalue weighted by molar-refractivity contribution is -0.146. The Kier molecular flexibility index (Phi) is 7.79. The predicted octanol–water partition coefficient (Wildman–Crippen LogP) is 5.07. The molecule has 1 atom stereocenters. The minimum absolute atomic E-state index is 0.153. The molecule has 3 N–H and O–H groups in total. The second kappa shape index (κ2) is 10.1. The Balaban J connectivity index is 0.00000107. The molecule has 0 saturated heterocycles. The van der Waals surface area contributed by atoms with Crippen molar-refractivity contribution in [3.63, 3.8) is 0 Å². The van der Waals surface area contributed by atoms with E-state index in [-0.39, 0.29) is 5.56 Å². The molecule has 3 aromatic heterocycles. The summed E-state index contributed by atoms with van der Waals surface area (Å²) < 4.78 is 41.1. The van der Waals surface area contributed by atoms with Crippen molar-refractivity contribution in [2.75, 3.05) is 11.9 Å². The van der Waals surface area contributed by atoms with Crippen molar-refractivity contribution in [3.05, 3.63) is 72.0 Å². The van der Waals surface area contributed by atoms with Gasteiger partial charge in [-0.3, -0.25) is 0 Å². The highest BCUT2D eigenvalue weighted by atomic mass is 19.4. The Morgan fingerprint density at radius 1 is 1.35 bits per heavy atom. The van der Waals surface area contributed by atoms with E-state index in [1.807, 2.05) is 32.9 Å². The van der Waals surface area contributed by atoms with Gasteiger partial charge in [-0.1, -0.05) is 12.7 Å². The van der Waals surface area contributed by atoms with Gasteiger partial charge in [0.05, 0.1) is 23.3 Å². The van der Waals surface area contributed by atoms with E-state index < -0.39 is 12.1 Å². The van der Waals surface area contributed by atoms with Crippen LogP contribution in [-0.4, -0.2) is 32.3 Å². The number of hydrogen-bond donors (Lipinski definition) is 2. The second-order valence-electron chi connectivity index (χ2n) is 6.77. The summed E-state index contributed by atoms with van der Waals surface area (Å²) >= 11 is 0. The van der Waals surface area contributed by atoms with E-state index in [1.54, 1.807) is 18.5 Å². The summed E-state index contributed by atoms with van der Waals surface area (Å²) in [4.78, 5) is 8.78. The molecule has 0 aromatic carbocycles. The van der Waals surface area contributed by atoms with Crippen molar-refractivity contribution in [2.24, 2.45) is 5.73 Å². The third kappa shape index (κ3) is 5.42. The SMILES string of the molecule is C/C=C(/c1ccn2ncc(C(C)C(F)(F)F)c2c1)c1cnc(NCC)nc1C.C=CN. The van der Waals surface area contributed by atoms with E-state index in [1.165, 1.54) is 16.9 Å². The topological polar surface area (TPSA) is 81.1 Å². The maximum absolute atomic E-state index is 13.2. The second-order valence-corrected chi connectivity index (χ2v) is 6.77. The maximum atomic E-state index is 13.2. The van der Waals surface area contributed by atoms with Gasteiger partial charge < -0.3 is 11.1 Å². The number of fused-ring (bicyclic) bond motifs is 1. The van der Waals surface area contributed by atoms with Gasteiger partial charge in [0.25, 0.3) is 0 Å². The molecule has 0 aliphatic carbocycles. The smallest absolute Gasteiger partial charge is 0.395 e. The summed E-state index contributed by atoms with van der Waals surface area (Å²) in [5.41, 5.74) is 8.46. The van der Waals surface area contributed by atoms with Crippen molar-refractivity contribution in [1.29, 1.82) is 0 Å². The molecule has 0 aliphatic rings. The molecule has 166 valence electrons. The maximum Gasteiger partial charge on any atom is 0.395 e. The number of anilines is 1. The molecule has 9 heteroatoms. The quantitative estimate of drug-likeness (QED) is 0.588. The van der Waals surface area contributed by atoms with Crippen molar-refractivity contribution in [1.82, 2.24) is 19.6 Å². The number of nitrogens with two attached hydrogens (primary N) is 1. The van der Waals surface area contributed by atoms with Gasteiger partial charge in [-0.2, -0.15) is 18.3 Å². The number of nitrogens with one attached hydrogen (secondary N) is 1. The monoisotopic (exact) mass is 432 g/mol. The third-order valence-corrected chi connectivity index (χ3v) is 4.71. The van der Waals surface area contributed by atoms with Crippen molar-refractivity contribution >= 4 is 17.0 Å². The number of allylic oxidation sites excluding steroid dienone is 1. The predicted molar refractivity (Wildman–Crippen MR) is 118 cm³/mol. The Morgan fingerprint density at radius 2 is 2.03 bits per heavy atom. The van der Waals surface area contributed by atoms with Gasteiger partial charge in [0.15, 0.2) is 0 Å². The molecular formula is C22H27F3N6. The molecule has 3 rings (SSSR count). The van der Waals surface area contributed by atoms with Gasteiger partial charge in [0, 0.05) is 30.1 Å². The fraction of sp³-hybridized carbons (Fsp3) is 0.318. The zero-order valence-corrected chi connectivity index (χ0v) is 18.0. The summed E-state index contributed by atoms with van der Waals surface area (Å²) in [5.74, 6) is -1.05. The number of pyridine rings is 1. The molecular weight excluding hydrogens is 405 g/mol. The molecule has 0 spiro atoms. The standard InChI is InChI=1S/C20H22F3N5.C2H5N/c1-5-15(17-10-25-19(24-6-2)27-13(17)4)14-7-8-28-18(9-14)16(11-26-28)12(3)20(21,22)23;1-2-3/h5,7-12H,6H2,1-4H3,(H,24,25,27);2H,1,3H2/b15-5-;. The van der Waals surface area contributed by atoms with Crippen LogP contribution in [0.2, 0.25) is 0 Å². The largest absolute Gasteiger partial charge is 0.405 e. The number of halogens is 3. The lowest BCUT2D eigenvalue weighted by Gasteiger charge is -2.15. The molecule has 1 unspecified atom stereocenters. The zero-order chi connectivity index (χ0) is 23.2. The lowest BCUT2D eigenvalue weighted by atomic mass is 9.96. The van der Waals surface area contributed by atoms with Crippen LogP contribution in [0.5, 0.6) is 0 Å². The first kappa shape index (κ1) is 23.9. The Labute approximate surface area is 179 Å². The van der Waals surface area contributed by atoms with Crippen molar-refractivity contribution < 1.29 is 13.2 Å². The van der Waals surface area contributed by atoms with E-state index in [0.717, 1.165) is 29.3 Å². The first-order valence-corrected chi connectivity index (χ1v) is 9.79. The minimum Gasteiger partial charge on any atom is -0.405 e. The first-order chi connectivity index (χ1) is 14.7. The molecule has 0 amide bonds. The third-order valence-electron chi connectivity index (χ3n) is 4.71. The number of hydrogen-bond acceptors (Lipinski definition) is 5.